The molecule has 0 aliphatic carbocycles. The van der Waals surface area contributed by atoms with E-state index < -0.39 is 17.2 Å². The van der Waals surface area contributed by atoms with Crippen molar-refractivity contribution in [3.05, 3.63) is 86.6 Å². The molecule has 4 heterocycles. The van der Waals surface area contributed by atoms with Gasteiger partial charge in [0.1, 0.15) is 11.3 Å². The molecular weight excluding hydrogens is 500 g/mol. The number of hydrogen-bond acceptors (Lipinski definition) is 10. The van der Waals surface area contributed by atoms with Gasteiger partial charge in [-0.3, -0.25) is 9.89 Å². The lowest BCUT2D eigenvalue weighted by Gasteiger charge is -1.98. The van der Waals surface area contributed by atoms with Crippen LogP contribution in [0.4, 0.5) is 11.4 Å². The lowest BCUT2D eigenvalue weighted by molar-refractivity contribution is 0.0697. The van der Waals surface area contributed by atoms with E-state index in [1.54, 1.807) is 37.3 Å². The fourth-order valence-electron chi connectivity index (χ4n) is 3.71. The number of aromatic carboxylic acids is 1. The van der Waals surface area contributed by atoms with Crippen molar-refractivity contribution in [1.29, 1.82) is 0 Å². The summed E-state index contributed by atoms with van der Waals surface area (Å²) in [6.07, 6.45) is 0. The highest BCUT2D eigenvalue weighted by atomic mass is 32.1. The number of azo groups is 1. The number of carboxylic acids is 1. The second-order valence-corrected chi connectivity index (χ2v) is 8.79. The topological polar surface area (TPSA) is 173 Å². The van der Waals surface area contributed by atoms with Crippen LogP contribution in [0.2, 0.25) is 0 Å². The first-order valence-corrected chi connectivity index (χ1v) is 11.5. The number of nitrogens with zero attached hydrogens (tertiary/aromatic N) is 7. The first-order valence-electron chi connectivity index (χ1n) is 10.7. The number of aromatic nitrogens is 6. The van der Waals surface area contributed by atoms with Crippen molar-refractivity contribution >= 4 is 44.6 Å². The predicted molar refractivity (Wildman–Crippen MR) is 132 cm³/mol. The Balaban J connectivity index is 1.41. The van der Waals surface area contributed by atoms with Crippen molar-refractivity contribution in [3.8, 4) is 16.5 Å². The number of carbonyl (C=O) groups is 1. The molecule has 6 aromatic rings. The van der Waals surface area contributed by atoms with Crippen LogP contribution in [-0.2, 0) is 0 Å². The van der Waals surface area contributed by atoms with E-state index in [2.05, 4.69) is 30.6 Å². The molecule has 0 aliphatic heterocycles. The second kappa shape index (κ2) is 8.46. The van der Waals surface area contributed by atoms with E-state index in [0.717, 1.165) is 21.4 Å². The minimum atomic E-state index is -1.16. The third kappa shape index (κ3) is 3.71. The number of hydrogen-bond donors (Lipinski definition) is 2. The molecule has 0 radical (unpaired) electrons. The van der Waals surface area contributed by atoms with Crippen molar-refractivity contribution in [2.75, 3.05) is 0 Å². The molecule has 0 aliphatic rings. The molecule has 0 bridgehead atoms. The Hall–Kier alpha value is -5.24. The Morgan fingerprint density at radius 1 is 1.08 bits per heavy atom. The molecular formula is C23H14N8O5S. The Morgan fingerprint density at radius 2 is 1.86 bits per heavy atom. The standard InChI is InChI=1S/C23H14N8O5S/c1-11-17(25-24-15-8-4-3-7-13(15)20(33)34)19(32)30(28-11)22-26-27-23-31(22)29-18(37-23)14-10-12-6-2-5-9-16(12)36-21(14)35/h2-10,28H,1H3,(H,33,34). The summed E-state index contributed by atoms with van der Waals surface area (Å²) in [7, 11) is 0. The zero-order valence-corrected chi connectivity index (χ0v) is 19.6. The summed E-state index contributed by atoms with van der Waals surface area (Å²) in [6.45, 7) is 1.61. The summed E-state index contributed by atoms with van der Waals surface area (Å²) < 4.78 is 7.83. The van der Waals surface area contributed by atoms with Gasteiger partial charge in [0.25, 0.3) is 5.95 Å². The number of para-hydroxylation sites is 1. The Morgan fingerprint density at radius 3 is 2.70 bits per heavy atom. The fraction of sp³-hybridized carbons (Fsp3) is 0.0435. The number of aromatic amines is 1. The van der Waals surface area contributed by atoms with E-state index in [1.165, 1.54) is 16.6 Å². The smallest absolute Gasteiger partial charge is 0.346 e. The third-order valence-electron chi connectivity index (χ3n) is 5.48. The van der Waals surface area contributed by atoms with Gasteiger partial charge in [-0.05, 0) is 31.2 Å². The molecule has 0 unspecified atom stereocenters. The van der Waals surface area contributed by atoms with E-state index in [0.29, 0.717) is 21.2 Å². The van der Waals surface area contributed by atoms with Crippen LogP contribution in [0.3, 0.4) is 0 Å². The van der Waals surface area contributed by atoms with Crippen LogP contribution >= 0.6 is 11.3 Å². The summed E-state index contributed by atoms with van der Waals surface area (Å²) in [5, 5.41) is 33.8. The van der Waals surface area contributed by atoms with Crippen molar-refractivity contribution in [3.63, 3.8) is 0 Å². The molecule has 0 amide bonds. The number of H-pyrrole nitrogens is 1. The van der Waals surface area contributed by atoms with Crippen molar-refractivity contribution in [2.24, 2.45) is 10.2 Å². The molecule has 182 valence electrons. The van der Waals surface area contributed by atoms with Gasteiger partial charge in [-0.2, -0.15) is 14.3 Å². The monoisotopic (exact) mass is 514 g/mol. The van der Waals surface area contributed by atoms with Gasteiger partial charge in [-0.15, -0.1) is 20.4 Å². The summed E-state index contributed by atoms with van der Waals surface area (Å²) in [5.41, 5.74) is -0.0586. The van der Waals surface area contributed by atoms with Crippen LogP contribution in [0, 0.1) is 6.92 Å². The first-order chi connectivity index (χ1) is 17.9. The quantitative estimate of drug-likeness (QED) is 0.258. The largest absolute Gasteiger partial charge is 0.478 e. The minimum Gasteiger partial charge on any atom is -0.478 e. The zero-order chi connectivity index (χ0) is 25.7. The molecule has 14 heteroatoms. The van der Waals surface area contributed by atoms with E-state index in [-0.39, 0.29) is 28.5 Å². The van der Waals surface area contributed by atoms with Crippen LogP contribution in [0.25, 0.3) is 32.4 Å². The van der Waals surface area contributed by atoms with Crippen LogP contribution in [-0.4, -0.2) is 40.7 Å². The van der Waals surface area contributed by atoms with E-state index >= 15 is 0 Å². The molecule has 0 saturated heterocycles. The Bertz CT molecular complexity index is 1990. The highest BCUT2D eigenvalue weighted by molar-refractivity contribution is 7.19. The zero-order valence-electron chi connectivity index (χ0n) is 18.8. The second-order valence-electron chi connectivity index (χ2n) is 7.84. The molecule has 37 heavy (non-hydrogen) atoms. The van der Waals surface area contributed by atoms with Crippen molar-refractivity contribution < 1.29 is 14.3 Å². The molecule has 2 N–H and O–H groups in total. The molecule has 6 rings (SSSR count). The number of carboxylic acid groups (broad SMARTS) is 1. The van der Waals surface area contributed by atoms with Gasteiger partial charge in [-0.1, -0.05) is 41.7 Å². The molecule has 0 spiro atoms. The molecule has 13 nitrogen and oxygen atoms in total. The molecule has 2 aromatic carbocycles. The SMILES string of the molecule is Cc1[nH]n(-c2nnc3sc(-c4cc5ccccc5oc4=O)nn23)c(=O)c1N=Nc1ccccc1C(=O)O. The molecule has 0 saturated carbocycles. The van der Waals surface area contributed by atoms with Gasteiger partial charge >= 0.3 is 17.2 Å². The van der Waals surface area contributed by atoms with Gasteiger partial charge in [0.2, 0.25) is 4.96 Å². The molecule has 0 fully saturated rings. The first kappa shape index (κ1) is 22.2. The van der Waals surface area contributed by atoms with Gasteiger partial charge in [0.05, 0.1) is 16.8 Å². The van der Waals surface area contributed by atoms with Gasteiger partial charge < -0.3 is 9.52 Å². The average molecular weight is 514 g/mol. The van der Waals surface area contributed by atoms with Crippen LogP contribution in [0.15, 0.2) is 78.8 Å². The Labute approximate surface area is 209 Å². The summed E-state index contributed by atoms with van der Waals surface area (Å²) in [6, 6.07) is 14.9. The van der Waals surface area contributed by atoms with Crippen LogP contribution < -0.4 is 11.2 Å². The summed E-state index contributed by atoms with van der Waals surface area (Å²) in [4.78, 5) is 37.5. The lowest BCUT2D eigenvalue weighted by Crippen LogP contribution is -2.17. The fourth-order valence-corrected chi connectivity index (χ4v) is 4.55. The van der Waals surface area contributed by atoms with Gasteiger partial charge in [0.15, 0.2) is 10.7 Å². The minimum absolute atomic E-state index is 0.0393. The molecule has 4 aromatic heterocycles. The number of benzene rings is 2. The van der Waals surface area contributed by atoms with E-state index in [4.69, 9.17) is 4.42 Å². The maximum Gasteiger partial charge on any atom is 0.346 e. The van der Waals surface area contributed by atoms with E-state index in [9.17, 15) is 19.5 Å². The number of rotatable bonds is 5. The summed E-state index contributed by atoms with van der Waals surface area (Å²) >= 11 is 1.11. The highest BCUT2D eigenvalue weighted by Gasteiger charge is 2.21. The highest BCUT2D eigenvalue weighted by Crippen LogP contribution is 2.27. The number of aryl methyl sites for hydroxylation is 1. The Kier molecular flexibility index (Phi) is 5.08. The third-order valence-corrected chi connectivity index (χ3v) is 6.41. The maximum absolute atomic E-state index is 13.1. The van der Waals surface area contributed by atoms with Crippen LogP contribution in [0.5, 0.6) is 0 Å². The summed E-state index contributed by atoms with van der Waals surface area (Å²) in [5.74, 6) is -1.12. The maximum atomic E-state index is 13.1. The van der Waals surface area contributed by atoms with E-state index in [1.807, 2.05) is 12.1 Å². The normalized spacial score (nSPS) is 11.7. The van der Waals surface area contributed by atoms with Crippen molar-refractivity contribution in [1.82, 2.24) is 29.6 Å². The number of nitrogens with one attached hydrogen (secondary N) is 1. The predicted octanol–water partition coefficient (Wildman–Crippen LogP) is 3.86. The van der Waals surface area contributed by atoms with Crippen molar-refractivity contribution in [2.45, 2.75) is 6.92 Å². The molecule has 0 atom stereocenters. The average Bonchev–Trinajstić information content (AvgIpc) is 3.55. The van der Waals surface area contributed by atoms with Gasteiger partial charge in [-0.25, -0.2) is 9.59 Å². The number of fused-ring (bicyclic) bond motifs is 2. The lowest BCUT2D eigenvalue weighted by atomic mass is 10.2. The van der Waals surface area contributed by atoms with Crippen LogP contribution in [0.1, 0.15) is 16.1 Å². The van der Waals surface area contributed by atoms with Gasteiger partial charge in [0, 0.05) is 5.39 Å².